The van der Waals surface area contributed by atoms with E-state index in [1.807, 2.05) is 75.4 Å². The minimum absolute atomic E-state index is 0.0251. The average Bonchev–Trinajstić information content (AvgIpc) is 2.79. The van der Waals surface area contributed by atoms with Gasteiger partial charge in [-0.25, -0.2) is 9.78 Å². The Hall–Kier alpha value is -3.61. The summed E-state index contributed by atoms with van der Waals surface area (Å²) < 4.78 is 5.47. The van der Waals surface area contributed by atoms with Gasteiger partial charge in [0.15, 0.2) is 5.78 Å². The number of pyridine rings is 1. The highest BCUT2D eigenvalue weighted by Crippen LogP contribution is 2.22. The number of nitrogens with zero attached hydrogens (tertiary/aromatic N) is 3. The molecule has 0 atom stereocenters. The summed E-state index contributed by atoms with van der Waals surface area (Å²) in [4.78, 5) is 33.7. The van der Waals surface area contributed by atoms with Crippen LogP contribution in [0.1, 0.15) is 36.7 Å². The molecule has 1 saturated heterocycles. The van der Waals surface area contributed by atoms with Crippen molar-refractivity contribution in [3.8, 4) is 0 Å². The molecule has 0 bridgehead atoms. The van der Waals surface area contributed by atoms with Gasteiger partial charge < -0.3 is 20.3 Å². The zero-order valence-corrected chi connectivity index (χ0v) is 19.4. The fourth-order valence-electron chi connectivity index (χ4n) is 3.88. The molecule has 0 spiro atoms. The number of piperazine rings is 1. The van der Waals surface area contributed by atoms with Crippen LogP contribution in [0.5, 0.6) is 0 Å². The van der Waals surface area contributed by atoms with Gasteiger partial charge in [-0.15, -0.1) is 0 Å². The molecule has 1 aliphatic rings. The van der Waals surface area contributed by atoms with E-state index in [1.165, 1.54) is 0 Å². The van der Waals surface area contributed by atoms with Crippen LogP contribution in [0.25, 0.3) is 10.9 Å². The summed E-state index contributed by atoms with van der Waals surface area (Å²) in [5.41, 5.74) is 8.42. The average molecular weight is 447 g/mol. The van der Waals surface area contributed by atoms with Crippen LogP contribution in [-0.4, -0.2) is 53.5 Å². The molecule has 7 heteroatoms. The summed E-state index contributed by atoms with van der Waals surface area (Å²) in [6.45, 7) is 8.16. The number of anilines is 2. The highest BCUT2D eigenvalue weighted by Gasteiger charge is 2.26. The molecular weight excluding hydrogens is 416 g/mol. The van der Waals surface area contributed by atoms with Gasteiger partial charge in [-0.1, -0.05) is 18.2 Å². The molecule has 4 rings (SSSR count). The van der Waals surface area contributed by atoms with Gasteiger partial charge in [-0.3, -0.25) is 4.79 Å². The third kappa shape index (κ3) is 5.42. The van der Waals surface area contributed by atoms with Crippen LogP contribution in [0.3, 0.4) is 0 Å². The van der Waals surface area contributed by atoms with Crippen LogP contribution >= 0.6 is 0 Å². The number of nitrogen functional groups attached to an aromatic ring is 1. The number of nitrogens with two attached hydrogens (primary N) is 1. The van der Waals surface area contributed by atoms with Crippen LogP contribution in [0.4, 0.5) is 16.3 Å². The predicted octanol–water partition coefficient (Wildman–Crippen LogP) is 4.30. The number of carbonyl (C=O) groups is 2. The first-order chi connectivity index (χ1) is 15.7. The largest absolute Gasteiger partial charge is 0.444 e. The van der Waals surface area contributed by atoms with Gasteiger partial charge in [-0.05, 0) is 62.7 Å². The lowest BCUT2D eigenvalue weighted by Gasteiger charge is -2.36. The number of Topliss-reactive ketones (excluding diaryl/α,β-unsaturated/α-hetero) is 1. The first-order valence-corrected chi connectivity index (χ1v) is 11.2. The quantitative estimate of drug-likeness (QED) is 0.475. The standard InChI is InChI=1S/C26H30N4O3/c1-26(2,3)33-25(32)30-14-12-29(13-15-30)24-11-9-19-16-20(8-10-22(19)28-24)23(31)17-18-6-4-5-7-21(18)27/h4-11,16H,12-15,17,27H2,1-3H3. The molecule has 2 aromatic carbocycles. The first kappa shape index (κ1) is 22.6. The van der Waals surface area contributed by atoms with Crippen molar-refractivity contribution < 1.29 is 14.3 Å². The van der Waals surface area contributed by atoms with E-state index >= 15 is 0 Å². The summed E-state index contributed by atoms with van der Waals surface area (Å²) >= 11 is 0. The molecular formula is C26H30N4O3. The number of para-hydroxylation sites is 1. The normalized spacial score (nSPS) is 14.4. The van der Waals surface area contributed by atoms with Gasteiger partial charge in [0.1, 0.15) is 11.4 Å². The molecule has 33 heavy (non-hydrogen) atoms. The van der Waals surface area contributed by atoms with Gasteiger partial charge in [-0.2, -0.15) is 0 Å². The number of benzene rings is 2. The molecule has 0 aliphatic carbocycles. The van der Waals surface area contributed by atoms with E-state index < -0.39 is 5.60 Å². The summed E-state index contributed by atoms with van der Waals surface area (Å²) in [7, 11) is 0. The van der Waals surface area contributed by atoms with E-state index in [9.17, 15) is 9.59 Å². The lowest BCUT2D eigenvalue weighted by Crippen LogP contribution is -2.50. The van der Waals surface area contributed by atoms with E-state index in [4.69, 9.17) is 15.5 Å². The van der Waals surface area contributed by atoms with Gasteiger partial charge in [0.25, 0.3) is 0 Å². The monoisotopic (exact) mass is 446 g/mol. The number of rotatable bonds is 4. The number of hydrogen-bond acceptors (Lipinski definition) is 6. The van der Waals surface area contributed by atoms with Crippen molar-refractivity contribution >= 4 is 34.3 Å². The Bertz CT molecular complexity index is 1180. The second-order valence-corrected chi connectivity index (χ2v) is 9.33. The van der Waals surface area contributed by atoms with Crippen LogP contribution < -0.4 is 10.6 Å². The Kier molecular flexibility index (Phi) is 6.22. The molecule has 0 unspecified atom stereocenters. The van der Waals surface area contributed by atoms with Gasteiger partial charge in [0.2, 0.25) is 0 Å². The molecule has 0 radical (unpaired) electrons. The zero-order chi connectivity index (χ0) is 23.6. The van der Waals surface area contributed by atoms with E-state index in [-0.39, 0.29) is 18.3 Å². The summed E-state index contributed by atoms with van der Waals surface area (Å²) in [6, 6.07) is 17.0. The Labute approximate surface area is 194 Å². The molecule has 0 saturated carbocycles. The number of carbonyl (C=O) groups excluding carboxylic acids is 2. The number of hydrogen-bond donors (Lipinski definition) is 1. The second-order valence-electron chi connectivity index (χ2n) is 9.33. The van der Waals surface area contributed by atoms with E-state index in [2.05, 4.69) is 4.90 Å². The van der Waals surface area contributed by atoms with Gasteiger partial charge >= 0.3 is 6.09 Å². The number of amides is 1. The maximum absolute atomic E-state index is 12.8. The highest BCUT2D eigenvalue weighted by molar-refractivity contribution is 6.01. The number of ether oxygens (including phenoxy) is 1. The molecule has 1 fully saturated rings. The van der Waals surface area contributed by atoms with E-state index in [0.717, 1.165) is 22.3 Å². The fourth-order valence-corrected chi connectivity index (χ4v) is 3.88. The Morgan fingerprint density at radius 3 is 2.42 bits per heavy atom. The van der Waals surface area contributed by atoms with Crippen molar-refractivity contribution in [1.82, 2.24) is 9.88 Å². The third-order valence-corrected chi connectivity index (χ3v) is 5.66. The number of fused-ring (bicyclic) bond motifs is 1. The van der Waals surface area contributed by atoms with Crippen molar-refractivity contribution in [1.29, 1.82) is 0 Å². The van der Waals surface area contributed by atoms with Crippen molar-refractivity contribution in [2.24, 2.45) is 0 Å². The molecule has 2 N–H and O–H groups in total. The molecule has 172 valence electrons. The first-order valence-electron chi connectivity index (χ1n) is 11.2. The highest BCUT2D eigenvalue weighted by atomic mass is 16.6. The van der Waals surface area contributed by atoms with Crippen LogP contribution in [0.15, 0.2) is 54.6 Å². The summed E-state index contributed by atoms with van der Waals surface area (Å²) in [5, 5.41) is 0.915. The van der Waals surface area contributed by atoms with Gasteiger partial charge in [0.05, 0.1) is 5.52 Å². The molecule has 2 heterocycles. The maximum Gasteiger partial charge on any atom is 0.410 e. The van der Waals surface area contributed by atoms with Crippen molar-refractivity contribution in [3.63, 3.8) is 0 Å². The Balaban J connectivity index is 1.43. The smallest absolute Gasteiger partial charge is 0.410 e. The Morgan fingerprint density at radius 2 is 1.73 bits per heavy atom. The van der Waals surface area contributed by atoms with Crippen LogP contribution in [0, 0.1) is 0 Å². The van der Waals surface area contributed by atoms with Crippen molar-refractivity contribution in [3.05, 3.63) is 65.7 Å². The summed E-state index contributed by atoms with van der Waals surface area (Å²) in [5.74, 6) is 0.889. The molecule has 1 amide bonds. The zero-order valence-electron chi connectivity index (χ0n) is 19.4. The maximum atomic E-state index is 12.8. The number of aromatic nitrogens is 1. The predicted molar refractivity (Wildman–Crippen MR) is 131 cm³/mol. The fraction of sp³-hybridized carbons (Fsp3) is 0.346. The summed E-state index contributed by atoms with van der Waals surface area (Å²) in [6.07, 6.45) is -0.00547. The van der Waals surface area contributed by atoms with E-state index in [0.29, 0.717) is 37.4 Å². The SMILES string of the molecule is CC(C)(C)OC(=O)N1CCN(c2ccc3cc(C(=O)Cc4ccccc4N)ccc3n2)CC1. The van der Waals surface area contributed by atoms with Crippen molar-refractivity contribution in [2.75, 3.05) is 36.8 Å². The third-order valence-electron chi connectivity index (χ3n) is 5.66. The molecule has 1 aromatic heterocycles. The van der Waals surface area contributed by atoms with Crippen LogP contribution in [0.2, 0.25) is 0 Å². The Morgan fingerprint density at radius 1 is 1.00 bits per heavy atom. The van der Waals surface area contributed by atoms with E-state index in [1.54, 1.807) is 4.90 Å². The lowest BCUT2D eigenvalue weighted by molar-refractivity contribution is 0.0240. The minimum atomic E-state index is -0.498. The minimum Gasteiger partial charge on any atom is -0.444 e. The number of ketones is 1. The lowest BCUT2D eigenvalue weighted by atomic mass is 10.0. The van der Waals surface area contributed by atoms with Crippen molar-refractivity contribution in [2.45, 2.75) is 32.8 Å². The molecule has 3 aromatic rings. The van der Waals surface area contributed by atoms with Gasteiger partial charge in [0, 0.05) is 49.2 Å². The van der Waals surface area contributed by atoms with Crippen LogP contribution in [-0.2, 0) is 11.2 Å². The second kappa shape index (κ2) is 9.10. The molecule has 1 aliphatic heterocycles. The molecule has 7 nitrogen and oxygen atoms in total. The topological polar surface area (TPSA) is 88.8 Å².